The van der Waals surface area contributed by atoms with Crippen LogP contribution in [0.2, 0.25) is 0 Å². The van der Waals surface area contributed by atoms with E-state index in [4.69, 9.17) is 4.74 Å². The van der Waals surface area contributed by atoms with Crippen molar-refractivity contribution in [3.8, 4) is 5.75 Å². The molecule has 8 nitrogen and oxygen atoms in total. The Balaban J connectivity index is 1.71. The summed E-state index contributed by atoms with van der Waals surface area (Å²) in [6, 6.07) is 5.76. The van der Waals surface area contributed by atoms with Crippen LogP contribution in [-0.4, -0.2) is 64.3 Å². The molecule has 3 rings (SSSR count). The second-order valence-electron chi connectivity index (χ2n) is 6.37. The van der Waals surface area contributed by atoms with Gasteiger partial charge in [-0.25, -0.2) is 16.8 Å². The van der Waals surface area contributed by atoms with Gasteiger partial charge in [-0.05, 0) is 18.6 Å². The van der Waals surface area contributed by atoms with Crippen molar-refractivity contribution < 1.29 is 26.4 Å². The molecular formula is C15H20N2O6S2. The molecule has 1 N–H and O–H groups in total. The summed E-state index contributed by atoms with van der Waals surface area (Å²) < 4.78 is 55.0. The molecule has 0 radical (unpaired) electrons. The molecule has 2 heterocycles. The molecule has 10 heteroatoms. The highest BCUT2D eigenvalue weighted by molar-refractivity contribution is 7.90. The number of sulfone groups is 1. The Bertz CT molecular complexity index is 881. The van der Waals surface area contributed by atoms with Gasteiger partial charge < -0.3 is 10.1 Å². The number of nitrogens with one attached hydrogen (secondary N) is 1. The number of benzene rings is 1. The van der Waals surface area contributed by atoms with Gasteiger partial charge in [0.15, 0.2) is 0 Å². The van der Waals surface area contributed by atoms with Crippen LogP contribution in [0.25, 0.3) is 0 Å². The first-order valence-electron chi connectivity index (χ1n) is 7.87. The third kappa shape index (κ3) is 3.96. The summed E-state index contributed by atoms with van der Waals surface area (Å²) in [5.41, 5.74) is 0. The molecule has 2 aliphatic heterocycles. The molecule has 25 heavy (non-hydrogen) atoms. The van der Waals surface area contributed by atoms with Crippen molar-refractivity contribution >= 4 is 25.8 Å². The highest BCUT2D eigenvalue weighted by Crippen LogP contribution is 2.35. The summed E-state index contributed by atoms with van der Waals surface area (Å²) in [6.07, 6.45) is 1.37. The van der Waals surface area contributed by atoms with Gasteiger partial charge in [0.05, 0.1) is 11.8 Å². The van der Waals surface area contributed by atoms with E-state index in [0.29, 0.717) is 12.2 Å². The van der Waals surface area contributed by atoms with E-state index >= 15 is 0 Å². The number of carbonyl (C=O) groups excluding carboxylic acids is 1. The molecule has 0 unspecified atom stereocenters. The van der Waals surface area contributed by atoms with Gasteiger partial charge >= 0.3 is 0 Å². The van der Waals surface area contributed by atoms with Crippen LogP contribution in [0.15, 0.2) is 29.2 Å². The largest absolute Gasteiger partial charge is 0.490 e. The van der Waals surface area contributed by atoms with Crippen LogP contribution in [0, 0.1) is 0 Å². The van der Waals surface area contributed by atoms with Crippen molar-refractivity contribution in [1.82, 2.24) is 9.62 Å². The third-order valence-corrected chi connectivity index (χ3v) is 7.20. The van der Waals surface area contributed by atoms with Gasteiger partial charge in [0, 0.05) is 25.3 Å². The summed E-state index contributed by atoms with van der Waals surface area (Å²) in [7, 11) is -6.92. The zero-order chi connectivity index (χ0) is 18.2. The monoisotopic (exact) mass is 388 g/mol. The maximum absolute atomic E-state index is 12.8. The Labute approximate surface area is 147 Å². The lowest BCUT2D eigenvalue weighted by Gasteiger charge is -2.19. The molecule has 138 valence electrons. The fourth-order valence-electron chi connectivity index (χ4n) is 3.11. The Morgan fingerprint density at radius 3 is 2.80 bits per heavy atom. The molecule has 1 aromatic rings. The van der Waals surface area contributed by atoms with Crippen LogP contribution in [0.3, 0.4) is 0 Å². The molecule has 2 aliphatic rings. The number of rotatable bonds is 4. The average molecular weight is 388 g/mol. The lowest BCUT2D eigenvalue weighted by molar-refractivity contribution is -0.121. The van der Waals surface area contributed by atoms with Gasteiger partial charge in [-0.2, -0.15) is 4.31 Å². The number of hydrogen-bond donors (Lipinski definition) is 1. The minimum absolute atomic E-state index is 0.126. The van der Waals surface area contributed by atoms with Crippen LogP contribution in [0.4, 0.5) is 0 Å². The van der Waals surface area contributed by atoms with E-state index in [9.17, 15) is 21.6 Å². The van der Waals surface area contributed by atoms with Crippen molar-refractivity contribution in [3.63, 3.8) is 0 Å². The molecule has 2 atom stereocenters. The van der Waals surface area contributed by atoms with E-state index in [1.165, 1.54) is 10.4 Å². The number of para-hydroxylation sites is 1. The van der Waals surface area contributed by atoms with Gasteiger partial charge in [0.2, 0.25) is 15.9 Å². The second-order valence-corrected chi connectivity index (χ2v) is 10.5. The van der Waals surface area contributed by atoms with Crippen molar-refractivity contribution in [3.05, 3.63) is 24.3 Å². The molecule has 0 saturated carbocycles. The summed E-state index contributed by atoms with van der Waals surface area (Å²) in [5, 5.41) is 2.72. The summed E-state index contributed by atoms with van der Waals surface area (Å²) >= 11 is 0. The first-order chi connectivity index (χ1) is 11.7. The van der Waals surface area contributed by atoms with Crippen molar-refractivity contribution in [1.29, 1.82) is 0 Å². The number of hydrogen-bond acceptors (Lipinski definition) is 6. The number of nitrogens with zero attached hydrogens (tertiary/aromatic N) is 1. The molecule has 0 spiro atoms. The first kappa shape index (κ1) is 18.2. The number of carbonyl (C=O) groups is 1. The molecular weight excluding hydrogens is 368 g/mol. The van der Waals surface area contributed by atoms with Gasteiger partial charge in [-0.3, -0.25) is 4.79 Å². The van der Waals surface area contributed by atoms with E-state index in [1.807, 2.05) is 0 Å². The van der Waals surface area contributed by atoms with Crippen LogP contribution in [-0.2, 0) is 24.7 Å². The summed E-state index contributed by atoms with van der Waals surface area (Å²) in [5.74, 6) is -0.287. The quantitative estimate of drug-likeness (QED) is 0.762. The van der Waals surface area contributed by atoms with Crippen LogP contribution in [0.5, 0.6) is 5.75 Å². The molecule has 0 bridgehead atoms. The summed E-state index contributed by atoms with van der Waals surface area (Å²) in [4.78, 5) is 12.0. The fraction of sp³-hybridized carbons (Fsp3) is 0.533. The Hall–Kier alpha value is -1.65. The SMILES string of the molecule is CS(=O)(=O)CCC(=O)N[C@H]1C[C@H]2COc3ccccc3S(=O)(=O)N2C1. The Morgan fingerprint density at radius 2 is 2.08 bits per heavy atom. The maximum Gasteiger partial charge on any atom is 0.247 e. The number of fused-ring (bicyclic) bond motifs is 2. The highest BCUT2D eigenvalue weighted by atomic mass is 32.2. The van der Waals surface area contributed by atoms with Crippen molar-refractivity contribution in [2.75, 3.05) is 25.2 Å². The minimum atomic E-state index is -3.70. The molecule has 1 aromatic carbocycles. The lowest BCUT2D eigenvalue weighted by atomic mass is 10.2. The molecule has 0 aliphatic carbocycles. The van der Waals surface area contributed by atoms with Crippen LogP contribution >= 0.6 is 0 Å². The van der Waals surface area contributed by atoms with Gasteiger partial charge in [-0.15, -0.1) is 0 Å². The predicted octanol–water partition coefficient (Wildman–Crippen LogP) is -0.238. The highest BCUT2D eigenvalue weighted by Gasteiger charge is 2.44. The van der Waals surface area contributed by atoms with Crippen LogP contribution < -0.4 is 10.1 Å². The number of ether oxygens (including phenoxy) is 1. The smallest absolute Gasteiger partial charge is 0.247 e. The van der Waals surface area contributed by atoms with E-state index in [2.05, 4.69) is 5.32 Å². The number of amides is 1. The zero-order valence-electron chi connectivity index (χ0n) is 13.7. The van der Waals surface area contributed by atoms with Crippen LogP contribution in [0.1, 0.15) is 12.8 Å². The predicted molar refractivity (Wildman–Crippen MR) is 90.5 cm³/mol. The average Bonchev–Trinajstić information content (AvgIpc) is 2.90. The second kappa shape index (κ2) is 6.58. The molecule has 1 fully saturated rings. The lowest BCUT2D eigenvalue weighted by Crippen LogP contribution is -2.39. The fourth-order valence-corrected chi connectivity index (χ4v) is 5.47. The van der Waals surface area contributed by atoms with Crippen molar-refractivity contribution in [2.45, 2.75) is 29.8 Å². The van der Waals surface area contributed by atoms with Crippen molar-refractivity contribution in [2.24, 2.45) is 0 Å². The molecule has 1 amide bonds. The Morgan fingerprint density at radius 1 is 1.36 bits per heavy atom. The van der Waals surface area contributed by atoms with Gasteiger partial charge in [0.25, 0.3) is 0 Å². The van der Waals surface area contributed by atoms with E-state index in [-0.39, 0.29) is 42.3 Å². The first-order valence-corrected chi connectivity index (χ1v) is 11.4. The maximum atomic E-state index is 12.8. The molecule has 1 saturated heterocycles. The van der Waals surface area contributed by atoms with Gasteiger partial charge in [-0.1, -0.05) is 12.1 Å². The normalized spacial score (nSPS) is 25.3. The molecule has 0 aromatic heterocycles. The van der Waals surface area contributed by atoms with E-state index < -0.39 is 25.8 Å². The summed E-state index contributed by atoms with van der Waals surface area (Å²) in [6.45, 7) is 0.362. The third-order valence-electron chi connectivity index (χ3n) is 4.30. The van der Waals surface area contributed by atoms with Gasteiger partial charge in [0.1, 0.15) is 27.1 Å². The topological polar surface area (TPSA) is 110 Å². The number of sulfonamides is 1. The standard InChI is InChI=1S/C15H20N2O6S2/c1-24(19,20)7-6-15(18)16-11-8-12-10-23-13-4-2-3-5-14(13)25(21,22)17(12)9-11/h2-5,11-12H,6-10H2,1H3,(H,16,18)/t11-,12-/m0/s1. The zero-order valence-corrected chi connectivity index (χ0v) is 15.3. The Kier molecular flexibility index (Phi) is 4.78. The van der Waals surface area contributed by atoms with E-state index in [0.717, 1.165) is 6.26 Å². The van der Waals surface area contributed by atoms with E-state index in [1.54, 1.807) is 18.2 Å². The minimum Gasteiger partial charge on any atom is -0.490 e.